The highest BCUT2D eigenvalue weighted by molar-refractivity contribution is 7.20. The van der Waals surface area contributed by atoms with Crippen LogP contribution in [-0.2, 0) is 13.6 Å². The summed E-state index contributed by atoms with van der Waals surface area (Å²) in [6, 6.07) is 5.01. The van der Waals surface area contributed by atoms with E-state index in [1.807, 2.05) is 24.6 Å². The Morgan fingerprint density at radius 2 is 1.96 bits per heavy atom. The van der Waals surface area contributed by atoms with E-state index in [1.54, 1.807) is 17.5 Å². The van der Waals surface area contributed by atoms with Crippen LogP contribution in [0.15, 0.2) is 29.2 Å². The molecule has 3 aromatic heterocycles. The van der Waals surface area contributed by atoms with Gasteiger partial charge >= 0.3 is 0 Å². The predicted molar refractivity (Wildman–Crippen MR) is 95.3 cm³/mol. The van der Waals surface area contributed by atoms with Crippen molar-refractivity contribution in [1.29, 1.82) is 0 Å². The minimum atomic E-state index is -0.933. The van der Waals surface area contributed by atoms with Crippen molar-refractivity contribution in [3.8, 4) is 0 Å². The number of aryl methyl sites for hydroxylation is 3. The van der Waals surface area contributed by atoms with Gasteiger partial charge in [0.05, 0.1) is 23.0 Å². The zero-order valence-corrected chi connectivity index (χ0v) is 14.7. The number of hydrogen-bond acceptors (Lipinski definition) is 3. The molecule has 4 rings (SSSR count). The molecule has 0 spiro atoms. The predicted octanol–water partition coefficient (Wildman–Crippen LogP) is 3.89. The second kappa shape index (κ2) is 5.49. The molecular formula is C18H15F2N3OS. The minimum Gasteiger partial charge on any atom is -0.338 e. The number of halogens is 2. The molecule has 0 aliphatic carbocycles. The third kappa shape index (κ3) is 2.30. The highest BCUT2D eigenvalue weighted by Gasteiger charge is 2.17. The van der Waals surface area contributed by atoms with Gasteiger partial charge in [0, 0.05) is 22.9 Å². The Kier molecular flexibility index (Phi) is 3.50. The van der Waals surface area contributed by atoms with Crippen LogP contribution in [0.3, 0.4) is 0 Å². The molecule has 0 N–H and O–H groups in total. The molecule has 3 heterocycles. The molecule has 1 aromatic carbocycles. The Morgan fingerprint density at radius 1 is 1.20 bits per heavy atom. The lowest BCUT2D eigenvalue weighted by Gasteiger charge is -2.08. The molecule has 0 aliphatic rings. The smallest absolute Gasteiger partial charge is 0.291 e. The minimum absolute atomic E-state index is 0.101. The maximum atomic E-state index is 14.1. The van der Waals surface area contributed by atoms with E-state index in [0.29, 0.717) is 5.52 Å². The SMILES string of the molecule is Cc1cc2c(s1)c1cnn(Cc3ccc(C)c(F)c3F)c(=O)c1n2C. The molecule has 0 atom stereocenters. The normalized spacial score (nSPS) is 11.7. The number of thiophene rings is 1. The third-order valence-electron chi connectivity index (χ3n) is 4.47. The van der Waals surface area contributed by atoms with Crippen molar-refractivity contribution in [1.82, 2.24) is 14.3 Å². The molecule has 4 aromatic rings. The van der Waals surface area contributed by atoms with Crippen molar-refractivity contribution >= 4 is 32.5 Å². The van der Waals surface area contributed by atoms with Gasteiger partial charge < -0.3 is 4.57 Å². The van der Waals surface area contributed by atoms with Gasteiger partial charge in [-0.15, -0.1) is 11.3 Å². The maximum Gasteiger partial charge on any atom is 0.291 e. The summed E-state index contributed by atoms with van der Waals surface area (Å²) >= 11 is 1.61. The van der Waals surface area contributed by atoms with Crippen LogP contribution in [-0.4, -0.2) is 14.3 Å². The van der Waals surface area contributed by atoms with E-state index >= 15 is 0 Å². The van der Waals surface area contributed by atoms with Crippen LogP contribution in [0.25, 0.3) is 21.1 Å². The molecule has 7 heteroatoms. The lowest BCUT2D eigenvalue weighted by Crippen LogP contribution is -2.25. The fraction of sp³-hybridized carbons (Fsp3) is 0.222. The Labute approximate surface area is 145 Å². The lowest BCUT2D eigenvalue weighted by atomic mass is 10.1. The van der Waals surface area contributed by atoms with E-state index in [9.17, 15) is 13.6 Å². The first-order valence-electron chi connectivity index (χ1n) is 7.76. The van der Waals surface area contributed by atoms with E-state index in [2.05, 4.69) is 5.10 Å². The van der Waals surface area contributed by atoms with Gasteiger partial charge in [-0.3, -0.25) is 4.79 Å². The summed E-state index contributed by atoms with van der Waals surface area (Å²) < 4.78 is 31.9. The zero-order valence-electron chi connectivity index (χ0n) is 13.9. The second-order valence-electron chi connectivity index (χ2n) is 6.17. The number of benzene rings is 1. The summed E-state index contributed by atoms with van der Waals surface area (Å²) in [5.74, 6) is -1.82. The largest absolute Gasteiger partial charge is 0.338 e. The molecule has 25 heavy (non-hydrogen) atoms. The fourth-order valence-corrected chi connectivity index (χ4v) is 4.17. The summed E-state index contributed by atoms with van der Waals surface area (Å²) in [5, 5.41) is 4.96. The summed E-state index contributed by atoms with van der Waals surface area (Å²) in [4.78, 5) is 14.0. The van der Waals surface area contributed by atoms with Crippen molar-refractivity contribution in [3.63, 3.8) is 0 Å². The monoisotopic (exact) mass is 359 g/mol. The molecule has 0 aliphatic heterocycles. The number of hydrogen-bond donors (Lipinski definition) is 0. The third-order valence-corrected chi connectivity index (χ3v) is 5.54. The van der Waals surface area contributed by atoms with Crippen molar-refractivity contribution in [2.45, 2.75) is 20.4 Å². The van der Waals surface area contributed by atoms with Crippen LogP contribution < -0.4 is 5.56 Å². The topological polar surface area (TPSA) is 39.8 Å². The molecule has 0 saturated carbocycles. The first-order valence-corrected chi connectivity index (χ1v) is 8.58. The summed E-state index contributed by atoms with van der Waals surface area (Å²) in [6.45, 7) is 3.40. The van der Waals surface area contributed by atoms with Gasteiger partial charge in [-0.2, -0.15) is 5.10 Å². The molecule has 0 unspecified atom stereocenters. The van der Waals surface area contributed by atoms with Gasteiger partial charge in [-0.25, -0.2) is 13.5 Å². The van der Waals surface area contributed by atoms with Crippen LogP contribution >= 0.6 is 11.3 Å². The standard InChI is InChI=1S/C18H15F2N3OS/c1-9-4-5-11(15(20)14(9)19)8-23-18(24)16-12(7-21-23)17-13(22(16)3)6-10(2)25-17/h4-7H,8H2,1-3H3. The van der Waals surface area contributed by atoms with Crippen LogP contribution in [0.4, 0.5) is 8.78 Å². The van der Waals surface area contributed by atoms with Crippen LogP contribution in [0.1, 0.15) is 16.0 Å². The van der Waals surface area contributed by atoms with E-state index in [4.69, 9.17) is 0 Å². The highest BCUT2D eigenvalue weighted by Crippen LogP contribution is 2.32. The van der Waals surface area contributed by atoms with Crippen molar-refractivity contribution in [2.24, 2.45) is 7.05 Å². The molecule has 0 fully saturated rings. The van der Waals surface area contributed by atoms with Crippen LogP contribution in [0.2, 0.25) is 0 Å². The van der Waals surface area contributed by atoms with Gasteiger partial charge in [0.1, 0.15) is 5.52 Å². The Balaban J connectivity index is 1.89. The van der Waals surface area contributed by atoms with Crippen LogP contribution in [0.5, 0.6) is 0 Å². The molecule has 0 amide bonds. The molecule has 0 bridgehead atoms. The van der Waals surface area contributed by atoms with Crippen molar-refractivity contribution < 1.29 is 8.78 Å². The quantitative estimate of drug-likeness (QED) is 0.545. The number of rotatable bonds is 2. The number of fused-ring (bicyclic) bond motifs is 3. The summed E-state index contributed by atoms with van der Waals surface area (Å²) in [7, 11) is 1.83. The van der Waals surface area contributed by atoms with Gasteiger partial charge in [-0.05, 0) is 25.5 Å². The van der Waals surface area contributed by atoms with E-state index in [-0.39, 0.29) is 23.2 Å². The first kappa shape index (κ1) is 16.0. The van der Waals surface area contributed by atoms with Gasteiger partial charge in [-0.1, -0.05) is 12.1 Å². The Hall–Kier alpha value is -2.54. The molecule has 128 valence electrons. The fourth-order valence-electron chi connectivity index (χ4n) is 3.11. The number of aromatic nitrogens is 3. The Bertz CT molecular complexity index is 1200. The Morgan fingerprint density at radius 3 is 2.72 bits per heavy atom. The van der Waals surface area contributed by atoms with Gasteiger partial charge in [0.25, 0.3) is 5.56 Å². The first-order chi connectivity index (χ1) is 11.9. The zero-order chi connectivity index (χ0) is 17.9. The van der Waals surface area contributed by atoms with Crippen LogP contribution in [0, 0.1) is 25.5 Å². The molecule has 0 radical (unpaired) electrons. The van der Waals surface area contributed by atoms with E-state index < -0.39 is 11.6 Å². The van der Waals surface area contributed by atoms with E-state index in [0.717, 1.165) is 20.5 Å². The average Bonchev–Trinajstić information content (AvgIpc) is 3.08. The molecule has 0 saturated heterocycles. The summed E-state index contributed by atoms with van der Waals surface area (Å²) in [5.41, 5.74) is 1.51. The van der Waals surface area contributed by atoms with E-state index in [1.165, 1.54) is 23.7 Å². The maximum absolute atomic E-state index is 14.1. The van der Waals surface area contributed by atoms with Gasteiger partial charge in [0.2, 0.25) is 0 Å². The average molecular weight is 359 g/mol. The summed E-state index contributed by atoms with van der Waals surface area (Å²) in [6.07, 6.45) is 1.62. The number of nitrogens with zero attached hydrogens (tertiary/aromatic N) is 3. The lowest BCUT2D eigenvalue weighted by molar-refractivity contribution is 0.485. The van der Waals surface area contributed by atoms with Crippen molar-refractivity contribution in [2.75, 3.05) is 0 Å². The van der Waals surface area contributed by atoms with Gasteiger partial charge in [0.15, 0.2) is 11.6 Å². The highest BCUT2D eigenvalue weighted by atomic mass is 32.1. The van der Waals surface area contributed by atoms with Crippen molar-refractivity contribution in [3.05, 3.63) is 62.4 Å². The molecular weight excluding hydrogens is 344 g/mol. The second-order valence-corrected chi connectivity index (χ2v) is 7.43. The molecule has 4 nitrogen and oxygen atoms in total.